The molecule has 0 unspecified atom stereocenters. The summed E-state index contributed by atoms with van der Waals surface area (Å²) < 4.78 is 1.02. The highest BCUT2D eigenvalue weighted by molar-refractivity contribution is 9.10. The van der Waals surface area contributed by atoms with E-state index in [0.717, 1.165) is 21.4 Å². The van der Waals surface area contributed by atoms with E-state index in [0.29, 0.717) is 5.65 Å². The highest BCUT2D eigenvalue weighted by atomic mass is 79.9. The summed E-state index contributed by atoms with van der Waals surface area (Å²) in [5, 5.41) is 0. The molecule has 0 atom stereocenters. The van der Waals surface area contributed by atoms with Gasteiger partial charge in [-0.05, 0) is 12.1 Å². The molecule has 0 saturated heterocycles. The number of H-pyrrole nitrogens is 1. The molecular weight excluding hydrogens is 268 g/mol. The third-order valence-electron chi connectivity index (χ3n) is 2.26. The number of aromatic nitrogens is 4. The summed E-state index contributed by atoms with van der Waals surface area (Å²) in [7, 11) is 0. The van der Waals surface area contributed by atoms with Crippen molar-refractivity contribution in [1.29, 1.82) is 0 Å². The smallest absolute Gasteiger partial charge is 0.181 e. The number of rotatable bonds is 1. The molecule has 3 aromatic rings. The fourth-order valence-electron chi connectivity index (χ4n) is 1.53. The topological polar surface area (TPSA) is 54.5 Å². The largest absolute Gasteiger partial charge is 0.335 e. The van der Waals surface area contributed by atoms with E-state index in [4.69, 9.17) is 0 Å². The molecule has 4 nitrogen and oxygen atoms in total. The second kappa shape index (κ2) is 3.68. The molecule has 1 aromatic carbocycles. The van der Waals surface area contributed by atoms with Crippen molar-refractivity contribution >= 4 is 27.1 Å². The molecule has 0 aliphatic rings. The van der Waals surface area contributed by atoms with E-state index in [1.165, 1.54) is 6.33 Å². The van der Waals surface area contributed by atoms with Crippen LogP contribution in [0.5, 0.6) is 0 Å². The van der Waals surface area contributed by atoms with E-state index in [-0.39, 0.29) is 0 Å². The lowest BCUT2D eigenvalue weighted by atomic mass is 10.2. The Morgan fingerprint density at radius 2 is 2.19 bits per heavy atom. The quantitative estimate of drug-likeness (QED) is 0.743. The van der Waals surface area contributed by atoms with Gasteiger partial charge in [-0.2, -0.15) is 0 Å². The Balaban J connectivity index is 2.19. The average Bonchev–Trinajstić information content (AvgIpc) is 2.72. The van der Waals surface area contributed by atoms with Crippen LogP contribution in [0.3, 0.4) is 0 Å². The van der Waals surface area contributed by atoms with Crippen molar-refractivity contribution < 1.29 is 0 Å². The predicted octanol–water partition coefficient (Wildman–Crippen LogP) is 2.78. The van der Waals surface area contributed by atoms with E-state index >= 15 is 0 Å². The van der Waals surface area contributed by atoms with E-state index in [1.54, 1.807) is 6.20 Å². The molecule has 0 saturated carbocycles. The van der Waals surface area contributed by atoms with Crippen molar-refractivity contribution in [3.05, 3.63) is 41.3 Å². The summed E-state index contributed by atoms with van der Waals surface area (Å²) in [6.45, 7) is 0. The predicted molar refractivity (Wildman–Crippen MR) is 64.8 cm³/mol. The van der Waals surface area contributed by atoms with Gasteiger partial charge < -0.3 is 4.98 Å². The van der Waals surface area contributed by atoms with Crippen molar-refractivity contribution in [3.63, 3.8) is 0 Å². The third kappa shape index (κ3) is 1.59. The van der Waals surface area contributed by atoms with Gasteiger partial charge in [-0.1, -0.05) is 28.1 Å². The zero-order chi connectivity index (χ0) is 11.0. The Morgan fingerprint density at radius 1 is 1.25 bits per heavy atom. The molecule has 16 heavy (non-hydrogen) atoms. The van der Waals surface area contributed by atoms with Gasteiger partial charge in [-0.15, -0.1) is 0 Å². The first kappa shape index (κ1) is 9.47. The summed E-state index contributed by atoms with van der Waals surface area (Å²) >= 11 is 3.43. The molecule has 2 aromatic heterocycles. The van der Waals surface area contributed by atoms with Crippen molar-refractivity contribution in [3.8, 4) is 11.4 Å². The minimum Gasteiger partial charge on any atom is -0.335 e. The van der Waals surface area contributed by atoms with Gasteiger partial charge in [0.1, 0.15) is 17.7 Å². The first-order valence-electron chi connectivity index (χ1n) is 4.74. The number of benzene rings is 1. The van der Waals surface area contributed by atoms with E-state index in [2.05, 4.69) is 35.9 Å². The Labute approximate surface area is 99.9 Å². The molecule has 0 amide bonds. The molecule has 0 fully saturated rings. The normalized spacial score (nSPS) is 10.8. The summed E-state index contributed by atoms with van der Waals surface area (Å²) in [6, 6.07) is 7.95. The lowest BCUT2D eigenvalue weighted by Gasteiger charge is -1.96. The van der Waals surface area contributed by atoms with Gasteiger partial charge in [0, 0.05) is 10.0 Å². The number of nitrogens with one attached hydrogen (secondary N) is 1. The van der Waals surface area contributed by atoms with E-state index in [1.807, 2.05) is 24.3 Å². The van der Waals surface area contributed by atoms with E-state index in [9.17, 15) is 0 Å². The minimum absolute atomic E-state index is 0.685. The SMILES string of the molecule is Brc1cccc(-c2nc3ncncc3[nH]2)c1. The van der Waals surface area contributed by atoms with Gasteiger partial charge in [0.15, 0.2) is 5.65 Å². The van der Waals surface area contributed by atoms with Gasteiger partial charge >= 0.3 is 0 Å². The van der Waals surface area contributed by atoms with Crippen LogP contribution in [0.15, 0.2) is 41.3 Å². The van der Waals surface area contributed by atoms with Crippen LogP contribution in [0.2, 0.25) is 0 Å². The Bertz CT molecular complexity index is 614. The molecule has 1 N–H and O–H groups in total. The standard InChI is InChI=1S/C11H7BrN4/c12-8-3-1-2-7(4-8)10-15-9-5-13-6-14-11(9)16-10/h1-6H,(H,13,14,15,16). The number of imidazole rings is 1. The van der Waals surface area contributed by atoms with E-state index < -0.39 is 0 Å². The first-order chi connectivity index (χ1) is 7.83. The number of aromatic amines is 1. The Hall–Kier alpha value is -1.75. The molecule has 0 radical (unpaired) electrons. The Morgan fingerprint density at radius 3 is 3.00 bits per heavy atom. The summed E-state index contributed by atoms with van der Waals surface area (Å²) in [6.07, 6.45) is 3.21. The van der Waals surface area contributed by atoms with Crippen LogP contribution in [0, 0.1) is 0 Å². The molecule has 3 rings (SSSR count). The molecule has 78 valence electrons. The molecular formula is C11H7BrN4. The van der Waals surface area contributed by atoms with Crippen LogP contribution in [-0.4, -0.2) is 19.9 Å². The lowest BCUT2D eigenvalue weighted by Crippen LogP contribution is -1.79. The molecule has 0 spiro atoms. The molecule has 5 heteroatoms. The lowest BCUT2D eigenvalue weighted by molar-refractivity contribution is 1.20. The second-order valence-corrected chi connectivity index (χ2v) is 4.27. The van der Waals surface area contributed by atoms with Crippen LogP contribution in [-0.2, 0) is 0 Å². The summed E-state index contributed by atoms with van der Waals surface area (Å²) in [4.78, 5) is 15.6. The fourth-order valence-corrected chi connectivity index (χ4v) is 1.93. The second-order valence-electron chi connectivity index (χ2n) is 3.36. The monoisotopic (exact) mass is 274 g/mol. The highest BCUT2D eigenvalue weighted by Gasteiger charge is 2.05. The van der Waals surface area contributed by atoms with Crippen molar-refractivity contribution in [2.45, 2.75) is 0 Å². The fraction of sp³-hybridized carbons (Fsp3) is 0. The number of fused-ring (bicyclic) bond motifs is 1. The van der Waals surface area contributed by atoms with Crippen LogP contribution in [0.25, 0.3) is 22.6 Å². The highest BCUT2D eigenvalue weighted by Crippen LogP contribution is 2.21. The number of hydrogen-bond donors (Lipinski definition) is 1. The van der Waals surface area contributed by atoms with Crippen LogP contribution in [0.1, 0.15) is 0 Å². The number of hydrogen-bond acceptors (Lipinski definition) is 3. The minimum atomic E-state index is 0.685. The van der Waals surface area contributed by atoms with Gasteiger partial charge in [-0.25, -0.2) is 15.0 Å². The van der Waals surface area contributed by atoms with Crippen LogP contribution >= 0.6 is 15.9 Å². The first-order valence-corrected chi connectivity index (χ1v) is 5.54. The molecule has 0 bridgehead atoms. The van der Waals surface area contributed by atoms with Crippen molar-refractivity contribution in [2.24, 2.45) is 0 Å². The molecule has 0 aliphatic carbocycles. The number of halogens is 1. The molecule has 2 heterocycles. The zero-order valence-corrected chi connectivity index (χ0v) is 9.77. The third-order valence-corrected chi connectivity index (χ3v) is 2.75. The molecule has 0 aliphatic heterocycles. The van der Waals surface area contributed by atoms with Crippen LogP contribution < -0.4 is 0 Å². The van der Waals surface area contributed by atoms with Crippen LogP contribution in [0.4, 0.5) is 0 Å². The van der Waals surface area contributed by atoms with Gasteiger partial charge in [0.25, 0.3) is 0 Å². The number of nitrogens with zero attached hydrogens (tertiary/aromatic N) is 3. The van der Waals surface area contributed by atoms with Gasteiger partial charge in [-0.3, -0.25) is 0 Å². The summed E-state index contributed by atoms with van der Waals surface area (Å²) in [5.74, 6) is 0.803. The maximum absolute atomic E-state index is 4.40. The van der Waals surface area contributed by atoms with Crippen molar-refractivity contribution in [1.82, 2.24) is 19.9 Å². The average molecular weight is 275 g/mol. The van der Waals surface area contributed by atoms with Crippen molar-refractivity contribution in [2.75, 3.05) is 0 Å². The summed E-state index contributed by atoms with van der Waals surface area (Å²) in [5.41, 5.74) is 2.55. The van der Waals surface area contributed by atoms with Gasteiger partial charge in [0.2, 0.25) is 0 Å². The zero-order valence-electron chi connectivity index (χ0n) is 8.18. The Kier molecular flexibility index (Phi) is 2.18. The maximum Gasteiger partial charge on any atom is 0.181 e. The maximum atomic E-state index is 4.40. The van der Waals surface area contributed by atoms with Gasteiger partial charge in [0.05, 0.1) is 6.20 Å².